The molecule has 1 aromatic carbocycles. The molecule has 0 aliphatic heterocycles. The van der Waals surface area contributed by atoms with Gasteiger partial charge in [0.05, 0.1) is 0 Å². The van der Waals surface area contributed by atoms with Crippen LogP contribution in [0, 0.1) is 5.41 Å². The van der Waals surface area contributed by atoms with Crippen LogP contribution < -0.4 is 0 Å². The second kappa shape index (κ2) is 7.09. The van der Waals surface area contributed by atoms with Crippen LogP contribution >= 0.6 is 0 Å². The Morgan fingerprint density at radius 3 is 2.38 bits per heavy atom. The van der Waals surface area contributed by atoms with Gasteiger partial charge in [0.2, 0.25) is 0 Å². The van der Waals surface area contributed by atoms with Crippen LogP contribution in [-0.2, 0) is 26.2 Å². The van der Waals surface area contributed by atoms with Gasteiger partial charge in [-0.05, 0) is 0 Å². The monoisotopic (exact) mass is 360 g/mol. The number of Topliss-reactive ketones (excluding diaryl/α,β-unsaturated/α-hetero) is 1. The van der Waals surface area contributed by atoms with Crippen LogP contribution in [0.3, 0.4) is 0 Å². The summed E-state index contributed by atoms with van der Waals surface area (Å²) in [6.45, 7) is 6.01. The fourth-order valence-electron chi connectivity index (χ4n) is 2.87. The van der Waals surface area contributed by atoms with Crippen molar-refractivity contribution < 1.29 is 19.8 Å². The Kier molecular flexibility index (Phi) is 5.08. The number of benzene rings is 1. The van der Waals surface area contributed by atoms with Gasteiger partial charge < -0.3 is 0 Å². The summed E-state index contributed by atoms with van der Waals surface area (Å²) in [4.78, 5) is 12.7. The fraction of sp³-hybridized carbons (Fsp3) is 0.318. The number of hydrogen-bond donors (Lipinski definition) is 0. The first-order chi connectivity index (χ1) is 11.4. The van der Waals surface area contributed by atoms with Gasteiger partial charge in [-0.2, -0.15) is 0 Å². The molecule has 126 valence electrons. The van der Waals surface area contributed by atoms with Crippen LogP contribution in [0.4, 0.5) is 0 Å². The predicted octanol–water partition coefficient (Wildman–Crippen LogP) is 5.35. The van der Waals surface area contributed by atoms with Crippen molar-refractivity contribution in [2.75, 3.05) is 0 Å². The number of hydrogen-bond acceptors (Lipinski definition) is 1. The van der Waals surface area contributed by atoms with E-state index in [0.717, 1.165) is 39.8 Å². The third kappa shape index (κ3) is 3.88. The SMILES string of the molecule is CC(C)(C)C(=O)C1=[C]([Fe][C]2=C(Cc3ccccc3)C=CC2)CC=C1. The summed E-state index contributed by atoms with van der Waals surface area (Å²) in [5.74, 6) is 0.266. The minimum atomic E-state index is -0.315. The summed E-state index contributed by atoms with van der Waals surface area (Å²) >= 11 is 0.930. The molecule has 0 heterocycles. The molecule has 0 saturated carbocycles. The molecule has 0 bridgehead atoms. The molecule has 2 aliphatic carbocycles. The van der Waals surface area contributed by atoms with Crippen molar-refractivity contribution in [3.8, 4) is 0 Å². The van der Waals surface area contributed by atoms with Crippen molar-refractivity contribution in [2.24, 2.45) is 5.41 Å². The van der Waals surface area contributed by atoms with Crippen LogP contribution in [0.25, 0.3) is 0 Å². The second-order valence-electron chi connectivity index (χ2n) is 7.26. The molecule has 2 heteroatoms. The Balaban J connectivity index is 1.81. The molecule has 24 heavy (non-hydrogen) atoms. The Bertz CT molecular complexity index is 755. The molecular formula is C22H24FeO. The van der Waals surface area contributed by atoms with E-state index < -0.39 is 0 Å². The Morgan fingerprint density at radius 2 is 1.67 bits per heavy atom. The third-order valence-corrected chi connectivity index (χ3v) is 5.96. The second-order valence-corrected chi connectivity index (χ2v) is 8.87. The number of carbonyl (C=O) groups excluding carboxylic acids is 1. The minimum absolute atomic E-state index is 0.266. The summed E-state index contributed by atoms with van der Waals surface area (Å²) < 4.78 is 2.76. The van der Waals surface area contributed by atoms with E-state index in [-0.39, 0.29) is 11.2 Å². The maximum atomic E-state index is 12.7. The fourth-order valence-corrected chi connectivity index (χ4v) is 4.49. The van der Waals surface area contributed by atoms with Gasteiger partial charge >= 0.3 is 151 Å². The van der Waals surface area contributed by atoms with E-state index >= 15 is 0 Å². The van der Waals surface area contributed by atoms with E-state index in [1.807, 2.05) is 26.8 Å². The molecular weight excluding hydrogens is 336 g/mol. The first-order valence-electron chi connectivity index (χ1n) is 8.44. The number of ketones is 1. The summed E-state index contributed by atoms with van der Waals surface area (Å²) in [5.41, 5.74) is 3.40. The van der Waals surface area contributed by atoms with E-state index in [9.17, 15) is 4.79 Å². The van der Waals surface area contributed by atoms with Gasteiger partial charge in [-0.15, -0.1) is 0 Å². The summed E-state index contributed by atoms with van der Waals surface area (Å²) in [5, 5.41) is 0. The topological polar surface area (TPSA) is 17.1 Å². The van der Waals surface area contributed by atoms with Gasteiger partial charge in [0, 0.05) is 0 Å². The Hall–Kier alpha value is -1.63. The molecule has 1 nitrogen and oxygen atoms in total. The molecule has 0 radical (unpaired) electrons. The van der Waals surface area contributed by atoms with Crippen molar-refractivity contribution in [2.45, 2.75) is 40.0 Å². The Labute approximate surface area is 151 Å². The molecule has 1 aromatic rings. The molecule has 0 atom stereocenters. The Morgan fingerprint density at radius 1 is 1.00 bits per heavy atom. The zero-order valence-corrected chi connectivity index (χ0v) is 15.7. The first kappa shape index (κ1) is 17.2. The van der Waals surface area contributed by atoms with Gasteiger partial charge in [-0.1, -0.05) is 0 Å². The number of allylic oxidation sites excluding steroid dienone is 8. The van der Waals surface area contributed by atoms with E-state index in [2.05, 4.69) is 48.6 Å². The zero-order chi connectivity index (χ0) is 17.2. The molecule has 0 fully saturated rings. The van der Waals surface area contributed by atoms with Crippen molar-refractivity contribution >= 4 is 5.78 Å². The molecule has 0 aromatic heterocycles. The van der Waals surface area contributed by atoms with E-state index in [1.165, 1.54) is 20.1 Å². The third-order valence-electron chi connectivity index (χ3n) is 4.19. The molecule has 0 spiro atoms. The van der Waals surface area contributed by atoms with Crippen LogP contribution in [0.2, 0.25) is 0 Å². The van der Waals surface area contributed by atoms with E-state index in [4.69, 9.17) is 0 Å². The van der Waals surface area contributed by atoms with Crippen LogP contribution in [-0.4, -0.2) is 5.78 Å². The summed E-state index contributed by atoms with van der Waals surface area (Å²) in [7, 11) is 0. The normalized spacial score (nSPS) is 17.5. The first-order valence-corrected chi connectivity index (χ1v) is 9.55. The average Bonchev–Trinajstić information content (AvgIpc) is 3.17. The van der Waals surface area contributed by atoms with Gasteiger partial charge in [0.15, 0.2) is 0 Å². The predicted molar refractivity (Wildman–Crippen MR) is 96.2 cm³/mol. The van der Waals surface area contributed by atoms with E-state index in [1.54, 1.807) is 0 Å². The maximum absolute atomic E-state index is 12.7. The quantitative estimate of drug-likeness (QED) is 0.647. The van der Waals surface area contributed by atoms with Gasteiger partial charge in [-0.3, -0.25) is 0 Å². The van der Waals surface area contributed by atoms with Crippen molar-refractivity contribution in [3.63, 3.8) is 0 Å². The standard InChI is InChI=1S/C12H11.C10H13O.Fe/c1-2-6-11(7-3-1)10-12-8-4-5-9-12;1-10(2,3)9(11)8-6-4-5-7-8;/h1-4,6-8H,5,10H2;4,6H,5H2,1-3H3;. The molecule has 3 rings (SSSR count). The number of carbonyl (C=O) groups is 1. The molecule has 0 unspecified atom stereocenters. The van der Waals surface area contributed by atoms with Crippen molar-refractivity contribution in [3.05, 3.63) is 80.3 Å². The average molecular weight is 360 g/mol. The van der Waals surface area contributed by atoms with Crippen molar-refractivity contribution in [1.82, 2.24) is 0 Å². The zero-order valence-electron chi connectivity index (χ0n) is 14.6. The molecule has 0 saturated heterocycles. The summed E-state index contributed by atoms with van der Waals surface area (Å²) in [6.07, 6.45) is 11.6. The van der Waals surface area contributed by atoms with E-state index in [0.29, 0.717) is 0 Å². The van der Waals surface area contributed by atoms with Crippen LogP contribution in [0.1, 0.15) is 39.2 Å². The molecule has 0 amide bonds. The van der Waals surface area contributed by atoms with Gasteiger partial charge in [-0.25, -0.2) is 0 Å². The number of rotatable bonds is 5. The summed E-state index contributed by atoms with van der Waals surface area (Å²) in [6, 6.07) is 10.6. The van der Waals surface area contributed by atoms with Gasteiger partial charge in [0.25, 0.3) is 0 Å². The van der Waals surface area contributed by atoms with Gasteiger partial charge in [0.1, 0.15) is 0 Å². The van der Waals surface area contributed by atoms with Crippen LogP contribution in [0.5, 0.6) is 0 Å². The molecule has 0 N–H and O–H groups in total. The van der Waals surface area contributed by atoms with Crippen LogP contribution in [0.15, 0.2) is 74.7 Å². The van der Waals surface area contributed by atoms with Crippen molar-refractivity contribution in [1.29, 1.82) is 0 Å². The molecule has 2 aliphatic rings.